The van der Waals surface area contributed by atoms with Gasteiger partial charge in [0.25, 0.3) is 0 Å². The van der Waals surface area contributed by atoms with Crippen molar-refractivity contribution in [3.05, 3.63) is 110 Å². The summed E-state index contributed by atoms with van der Waals surface area (Å²) in [4.78, 5) is 0. The maximum atomic E-state index is 6.16. The first-order valence-corrected chi connectivity index (χ1v) is 18.4. The number of hydrogen-bond donors (Lipinski definition) is 0. The summed E-state index contributed by atoms with van der Waals surface area (Å²) in [6.07, 6.45) is 3.46. The third kappa shape index (κ3) is 7.34. The van der Waals surface area contributed by atoms with Crippen LogP contribution in [0.5, 0.6) is 0 Å². The van der Waals surface area contributed by atoms with E-state index in [0.717, 1.165) is 13.0 Å². The standard InChI is InChI=1S/C27H27OSi.2CH3.2ClH.Si.Zr/c1-29(2,3)28-16-15-20-18-27(23-12-7-6-11-22(20)23)25-14-8-13-24-21-10-5-4-9-19(21)17-26(24)25;;;;;;/h4-14,17-18,27H,15-16H2,1-3H3;2*1H3;2*1H;;/q3*-1;;;;. The molecule has 0 saturated heterocycles. The molecule has 186 valence electrons. The fraction of sp³-hybridized carbons (Fsp3) is 0.207. The van der Waals surface area contributed by atoms with Crippen molar-refractivity contribution in [1.29, 1.82) is 0 Å². The molecule has 1 atom stereocenters. The van der Waals surface area contributed by atoms with Gasteiger partial charge >= 0.3 is 30.2 Å². The Hall–Kier alpha value is -0.873. The topological polar surface area (TPSA) is 9.23 Å². The fourth-order valence-corrected chi connectivity index (χ4v) is 5.37. The van der Waals surface area contributed by atoms with Gasteiger partial charge in [0.2, 0.25) is 0 Å². The molecule has 6 heteroatoms. The van der Waals surface area contributed by atoms with Gasteiger partial charge in [-0.2, -0.15) is 0 Å². The van der Waals surface area contributed by atoms with Crippen LogP contribution in [0.2, 0.25) is 19.6 Å². The normalized spacial score (nSPS) is 13.7. The van der Waals surface area contributed by atoms with E-state index in [1.807, 2.05) is 0 Å². The molecular weight excluding hydrogens is 583 g/mol. The molecule has 1 aliphatic carbocycles. The zero-order chi connectivity index (χ0) is 22.0. The van der Waals surface area contributed by atoms with Crippen molar-refractivity contribution in [1.82, 2.24) is 0 Å². The van der Waals surface area contributed by atoms with E-state index in [9.17, 15) is 0 Å². The number of halogens is 2. The molecule has 2 radical (unpaired) electrons. The predicted molar refractivity (Wildman–Crippen MR) is 160 cm³/mol. The minimum absolute atomic E-state index is 0. The summed E-state index contributed by atoms with van der Waals surface area (Å²) in [7, 11) is -1.48. The van der Waals surface area contributed by atoms with Crippen LogP contribution < -0.4 is 0 Å². The molecule has 4 aromatic carbocycles. The van der Waals surface area contributed by atoms with Crippen molar-refractivity contribution >= 4 is 67.1 Å². The number of allylic oxidation sites excluding steroid dienone is 1. The quantitative estimate of drug-likeness (QED) is 0.161. The summed E-state index contributed by atoms with van der Waals surface area (Å²) < 4.78 is 6.16. The second-order valence-corrected chi connectivity index (χ2v) is 13.5. The van der Waals surface area contributed by atoms with Crippen LogP contribution in [0.25, 0.3) is 27.1 Å². The molecule has 0 fully saturated rings. The Labute approximate surface area is 242 Å². The molecule has 1 nitrogen and oxygen atoms in total. The van der Waals surface area contributed by atoms with E-state index in [0.29, 0.717) is 5.92 Å². The molecule has 0 aliphatic heterocycles. The van der Waals surface area contributed by atoms with E-state index in [2.05, 4.69) is 105 Å². The van der Waals surface area contributed by atoms with Gasteiger partial charge in [0.1, 0.15) is 0 Å². The minimum atomic E-state index is -1.48. The fourth-order valence-electron chi connectivity index (χ4n) is 4.66. The monoisotopic (exact) mass is 615 g/mol. The van der Waals surface area contributed by atoms with Gasteiger partial charge in [-0.3, -0.25) is 0 Å². The first-order chi connectivity index (χ1) is 15.0. The summed E-state index contributed by atoms with van der Waals surface area (Å²) in [6.45, 7) is 10.6. The van der Waals surface area contributed by atoms with Crippen LogP contribution in [-0.2, 0) is 27.8 Å². The van der Waals surface area contributed by atoms with Gasteiger partial charge in [0.05, 0.1) is 0 Å². The third-order valence-corrected chi connectivity index (χ3v) is 7.01. The van der Waals surface area contributed by atoms with Gasteiger partial charge in [-0.05, 0) is 42.8 Å². The van der Waals surface area contributed by atoms with Crippen LogP contribution in [0, 0.1) is 14.9 Å². The van der Waals surface area contributed by atoms with Crippen LogP contribution in [0.15, 0.2) is 78.9 Å². The van der Waals surface area contributed by atoms with Crippen molar-refractivity contribution in [3.8, 4) is 0 Å². The summed E-state index contributed by atoms with van der Waals surface area (Å²) in [5.41, 5.74) is 5.65. The van der Waals surface area contributed by atoms with E-state index in [1.54, 1.807) is 0 Å². The van der Waals surface area contributed by atoms with Gasteiger partial charge in [-0.1, -0.05) is 72.3 Å². The average molecular weight is 618 g/mol. The van der Waals surface area contributed by atoms with Crippen LogP contribution >= 0.6 is 24.8 Å². The van der Waals surface area contributed by atoms with E-state index in [-0.39, 0.29) is 39.7 Å². The van der Waals surface area contributed by atoms with Crippen molar-refractivity contribution in [2.45, 2.75) is 32.0 Å². The number of hydrogen-bond acceptors (Lipinski definition) is 1. The van der Waals surface area contributed by atoms with Crippen molar-refractivity contribution in [2.75, 3.05) is 6.61 Å². The molecule has 0 spiro atoms. The summed E-state index contributed by atoms with van der Waals surface area (Å²) in [6, 6.07) is 26.8. The molecule has 1 unspecified atom stereocenters. The molecule has 0 saturated carbocycles. The van der Waals surface area contributed by atoms with E-state index in [4.69, 9.17) is 4.43 Å². The zero-order valence-electron chi connectivity index (χ0n) is 21.2. The van der Waals surface area contributed by atoms with Crippen LogP contribution in [0.1, 0.15) is 29.0 Å². The number of rotatable bonds is 5. The van der Waals surface area contributed by atoms with Crippen molar-refractivity contribution in [2.24, 2.45) is 0 Å². The Kier molecular flexibility index (Phi) is 14.4. The predicted octanol–water partition coefficient (Wildman–Crippen LogP) is 8.84. The number of benzene rings is 3. The van der Waals surface area contributed by atoms with E-state index < -0.39 is 8.32 Å². The summed E-state index contributed by atoms with van der Waals surface area (Å²) in [5.74, 6) is 0.314. The molecule has 4 aromatic rings. The van der Waals surface area contributed by atoms with Crippen molar-refractivity contribution in [3.63, 3.8) is 0 Å². The van der Waals surface area contributed by atoms with Crippen LogP contribution in [0.3, 0.4) is 0 Å². The Morgan fingerprint density at radius 2 is 1.43 bits per heavy atom. The molecule has 5 rings (SSSR count). The molecule has 0 aromatic heterocycles. The summed E-state index contributed by atoms with van der Waals surface area (Å²) >= 11 is 1.36. The van der Waals surface area contributed by atoms with Crippen molar-refractivity contribution < 1.29 is 27.8 Å². The van der Waals surface area contributed by atoms with Gasteiger partial charge in [0.15, 0.2) is 8.32 Å². The van der Waals surface area contributed by atoms with Crippen LogP contribution in [-0.4, -0.2) is 21.8 Å². The second-order valence-electron chi connectivity index (χ2n) is 9.01. The Balaban J connectivity index is 0.00000188. The van der Waals surface area contributed by atoms with Gasteiger partial charge in [-0.15, -0.1) is 58.5 Å². The van der Waals surface area contributed by atoms with Crippen LogP contribution in [0.4, 0.5) is 0 Å². The van der Waals surface area contributed by atoms with E-state index >= 15 is 0 Å². The molecule has 0 N–H and O–H groups in total. The Morgan fingerprint density at radius 1 is 0.829 bits per heavy atom. The first-order valence-electron chi connectivity index (χ1n) is 10.8. The molecule has 0 amide bonds. The Bertz CT molecular complexity index is 1260. The molecule has 0 heterocycles. The Morgan fingerprint density at radius 3 is 2.14 bits per heavy atom. The maximum absolute atomic E-state index is 6.16. The molecule has 1 aliphatic rings. The number of fused-ring (bicyclic) bond motifs is 4. The molecule has 0 bridgehead atoms. The first kappa shape index (κ1) is 34.1. The van der Waals surface area contributed by atoms with Gasteiger partial charge in [-0.25, -0.2) is 0 Å². The molecular formula is C29H35Cl2OSi2Zr-3. The second kappa shape index (κ2) is 14.8. The summed E-state index contributed by atoms with van der Waals surface area (Å²) in [5, 5.41) is 5.42. The SMILES string of the molecule is C[Si](C)(C)OCCC1=CC(c2cccc3c2[cH-]c2ccccc23)c2ccccc21.Cl.Cl.[CH3-].[CH3-].[Si]=[Zr]. The average Bonchev–Trinajstić information content (AvgIpc) is 3.33. The van der Waals surface area contributed by atoms with E-state index in [1.165, 1.54) is 67.1 Å². The zero-order valence-corrected chi connectivity index (χ0v) is 27.3. The molecule has 35 heavy (non-hydrogen) atoms. The van der Waals surface area contributed by atoms with Gasteiger partial charge < -0.3 is 19.3 Å². The van der Waals surface area contributed by atoms with Gasteiger partial charge in [0, 0.05) is 12.5 Å². The third-order valence-electron chi connectivity index (χ3n) is 5.94.